The summed E-state index contributed by atoms with van der Waals surface area (Å²) in [5.74, 6) is 0.296. The molecular weight excluding hydrogens is 493 g/mol. The van der Waals surface area contributed by atoms with E-state index in [1.807, 2.05) is 30.5 Å². The molecule has 0 aliphatic heterocycles. The average Bonchev–Trinajstić information content (AvgIpc) is 3.28. The lowest BCUT2D eigenvalue weighted by Gasteiger charge is -2.11. The molecule has 1 heterocycles. The van der Waals surface area contributed by atoms with Gasteiger partial charge in [0.2, 0.25) is 5.13 Å². The van der Waals surface area contributed by atoms with Crippen LogP contribution in [0.5, 0.6) is 11.5 Å². The van der Waals surface area contributed by atoms with Crippen molar-refractivity contribution in [2.24, 2.45) is 5.10 Å². The predicted molar refractivity (Wildman–Crippen MR) is 138 cm³/mol. The van der Waals surface area contributed by atoms with Crippen molar-refractivity contribution < 1.29 is 14.3 Å². The second kappa shape index (κ2) is 10.7. The number of ether oxygens (including phenoxy) is 2. The Bertz CT molecular complexity index is 1370. The fourth-order valence-corrected chi connectivity index (χ4v) is 4.28. The molecule has 1 N–H and O–H groups in total. The first-order valence-corrected chi connectivity index (χ1v) is 11.7. The largest absolute Gasteiger partial charge is 0.493 e. The number of benzene rings is 3. The normalized spacial score (nSPS) is 10.9. The highest BCUT2D eigenvalue weighted by molar-refractivity contribution is 7.14. The molecule has 172 valence electrons. The lowest BCUT2D eigenvalue weighted by atomic mass is 10.1. The number of thiazole rings is 1. The summed E-state index contributed by atoms with van der Waals surface area (Å²) in [7, 11) is 1.51. The van der Waals surface area contributed by atoms with E-state index in [0.717, 1.165) is 22.4 Å². The molecule has 0 atom stereocenters. The maximum atomic E-state index is 12.5. The molecule has 9 heteroatoms. The van der Waals surface area contributed by atoms with E-state index in [1.165, 1.54) is 18.4 Å². The van der Waals surface area contributed by atoms with Gasteiger partial charge in [0, 0.05) is 16.0 Å². The zero-order valence-electron chi connectivity index (χ0n) is 18.2. The molecule has 3 aromatic carbocycles. The Hall–Kier alpha value is -3.39. The van der Waals surface area contributed by atoms with Crippen LogP contribution in [0.1, 0.15) is 21.5 Å². The van der Waals surface area contributed by atoms with Crippen molar-refractivity contribution in [2.75, 3.05) is 12.5 Å². The van der Waals surface area contributed by atoms with E-state index >= 15 is 0 Å². The number of hydrogen-bond acceptors (Lipinski definition) is 7. The molecule has 6 nitrogen and oxygen atoms in total. The summed E-state index contributed by atoms with van der Waals surface area (Å²) in [6.07, 6.45) is 1.62. The Morgan fingerprint density at radius 3 is 2.68 bits per heavy atom. The number of nitrogens with zero attached hydrogens (tertiary/aromatic N) is 2. The number of hydrazone groups is 1. The summed E-state index contributed by atoms with van der Waals surface area (Å²) in [5, 5.41) is 7.82. The van der Waals surface area contributed by atoms with Crippen LogP contribution in [-0.2, 0) is 0 Å². The van der Waals surface area contributed by atoms with Gasteiger partial charge in [-0.2, -0.15) is 5.10 Å². The highest BCUT2D eigenvalue weighted by Crippen LogP contribution is 2.32. The molecule has 0 bridgehead atoms. The van der Waals surface area contributed by atoms with Crippen LogP contribution in [0.4, 0.5) is 5.13 Å². The topological polar surface area (TPSA) is 72.8 Å². The first-order valence-electron chi connectivity index (χ1n) is 10.1. The van der Waals surface area contributed by atoms with Crippen molar-refractivity contribution in [1.29, 1.82) is 0 Å². The molecule has 0 aliphatic rings. The van der Waals surface area contributed by atoms with Gasteiger partial charge in [-0.15, -0.1) is 11.3 Å². The summed E-state index contributed by atoms with van der Waals surface area (Å²) in [6.45, 7) is 1.86. The van der Waals surface area contributed by atoms with Gasteiger partial charge in [0.15, 0.2) is 11.5 Å². The number of anilines is 1. The molecule has 0 spiro atoms. The predicted octanol–water partition coefficient (Wildman–Crippen LogP) is 7.10. The van der Waals surface area contributed by atoms with Crippen LogP contribution < -0.4 is 14.9 Å². The molecule has 4 rings (SSSR count). The minimum absolute atomic E-state index is 0.324. The van der Waals surface area contributed by atoms with E-state index in [9.17, 15) is 4.79 Å². The summed E-state index contributed by atoms with van der Waals surface area (Å²) in [4.78, 5) is 17.0. The van der Waals surface area contributed by atoms with Crippen molar-refractivity contribution in [3.63, 3.8) is 0 Å². The Balaban J connectivity index is 1.43. The van der Waals surface area contributed by atoms with Crippen LogP contribution in [0.25, 0.3) is 11.3 Å². The van der Waals surface area contributed by atoms with E-state index < -0.39 is 5.97 Å². The van der Waals surface area contributed by atoms with Crippen molar-refractivity contribution in [2.45, 2.75) is 6.92 Å². The van der Waals surface area contributed by atoms with Crippen LogP contribution in [0.3, 0.4) is 0 Å². The van der Waals surface area contributed by atoms with Crippen LogP contribution in [-0.4, -0.2) is 24.3 Å². The van der Waals surface area contributed by atoms with E-state index in [4.69, 9.17) is 32.7 Å². The fourth-order valence-electron chi connectivity index (χ4n) is 3.11. The Morgan fingerprint density at radius 1 is 1.09 bits per heavy atom. The third-order valence-corrected chi connectivity index (χ3v) is 6.14. The average molecular weight is 512 g/mol. The lowest BCUT2D eigenvalue weighted by molar-refractivity contribution is 0.0729. The highest BCUT2D eigenvalue weighted by atomic mass is 35.5. The molecule has 0 amide bonds. The first kappa shape index (κ1) is 23.8. The van der Waals surface area contributed by atoms with Crippen molar-refractivity contribution in [3.8, 4) is 22.8 Å². The number of rotatable bonds is 7. The van der Waals surface area contributed by atoms with Gasteiger partial charge >= 0.3 is 5.97 Å². The third-order valence-electron chi connectivity index (χ3n) is 4.84. The van der Waals surface area contributed by atoms with E-state index in [0.29, 0.717) is 32.2 Å². The van der Waals surface area contributed by atoms with Crippen LogP contribution in [0.15, 0.2) is 71.1 Å². The summed E-state index contributed by atoms with van der Waals surface area (Å²) in [5.41, 5.74) is 6.51. The number of nitrogens with one attached hydrogen (secondary N) is 1. The summed E-state index contributed by atoms with van der Waals surface area (Å²) in [6, 6.07) is 17.7. The molecule has 0 fully saturated rings. The molecule has 0 unspecified atom stereocenters. The van der Waals surface area contributed by atoms with Crippen molar-refractivity contribution in [1.82, 2.24) is 4.98 Å². The van der Waals surface area contributed by atoms with Gasteiger partial charge in [-0.1, -0.05) is 41.4 Å². The first-order chi connectivity index (χ1) is 16.4. The van der Waals surface area contributed by atoms with E-state index in [1.54, 1.807) is 48.7 Å². The second-order valence-corrected chi connectivity index (χ2v) is 8.85. The minimum atomic E-state index is -0.445. The van der Waals surface area contributed by atoms with Crippen LogP contribution in [0.2, 0.25) is 10.0 Å². The SMILES string of the molecule is COc1cc(/C=N\Nc2nc(-c3ccc(Cl)cc3Cl)cs2)ccc1OC(=O)c1ccccc1C. The zero-order valence-corrected chi connectivity index (χ0v) is 20.5. The van der Waals surface area contributed by atoms with E-state index in [-0.39, 0.29) is 0 Å². The van der Waals surface area contributed by atoms with E-state index in [2.05, 4.69) is 15.5 Å². The Labute approximate surface area is 210 Å². The molecule has 34 heavy (non-hydrogen) atoms. The number of carbonyl (C=O) groups excluding carboxylic acids is 1. The summed E-state index contributed by atoms with van der Waals surface area (Å²) >= 11 is 13.6. The molecular formula is C25H19Cl2N3O3S. The molecule has 0 saturated carbocycles. The zero-order chi connectivity index (χ0) is 24.1. The second-order valence-electron chi connectivity index (χ2n) is 7.15. The molecule has 4 aromatic rings. The van der Waals surface area contributed by atoms with Gasteiger partial charge in [-0.05, 0) is 60.5 Å². The Morgan fingerprint density at radius 2 is 1.91 bits per heavy atom. The molecule has 0 saturated heterocycles. The number of aromatic nitrogens is 1. The van der Waals surface area contributed by atoms with Crippen molar-refractivity contribution in [3.05, 3.63) is 92.8 Å². The number of esters is 1. The maximum absolute atomic E-state index is 12.5. The smallest absolute Gasteiger partial charge is 0.343 e. The van der Waals surface area contributed by atoms with Gasteiger partial charge in [-0.25, -0.2) is 9.78 Å². The van der Waals surface area contributed by atoms with Crippen LogP contribution in [0, 0.1) is 6.92 Å². The maximum Gasteiger partial charge on any atom is 0.343 e. The number of halogens is 2. The number of hydrogen-bond donors (Lipinski definition) is 1. The van der Waals surface area contributed by atoms with Gasteiger partial charge in [0.25, 0.3) is 0 Å². The monoisotopic (exact) mass is 511 g/mol. The molecule has 0 radical (unpaired) electrons. The lowest BCUT2D eigenvalue weighted by Crippen LogP contribution is -2.10. The minimum Gasteiger partial charge on any atom is -0.493 e. The molecule has 0 aliphatic carbocycles. The quantitative estimate of drug-likeness (QED) is 0.124. The van der Waals surface area contributed by atoms with Gasteiger partial charge in [-0.3, -0.25) is 5.43 Å². The fraction of sp³-hybridized carbons (Fsp3) is 0.0800. The third kappa shape index (κ3) is 5.56. The summed E-state index contributed by atoms with van der Waals surface area (Å²) < 4.78 is 10.9. The highest BCUT2D eigenvalue weighted by Gasteiger charge is 2.14. The van der Waals surface area contributed by atoms with Crippen molar-refractivity contribution >= 4 is 51.9 Å². The van der Waals surface area contributed by atoms with Gasteiger partial charge in [0.05, 0.1) is 29.6 Å². The van der Waals surface area contributed by atoms with Crippen LogP contribution >= 0.6 is 34.5 Å². The Kier molecular flexibility index (Phi) is 7.47. The van der Waals surface area contributed by atoms with Gasteiger partial charge < -0.3 is 9.47 Å². The number of carbonyl (C=O) groups is 1. The number of aryl methyl sites for hydroxylation is 1. The molecule has 1 aromatic heterocycles. The van der Waals surface area contributed by atoms with Gasteiger partial charge in [0.1, 0.15) is 0 Å². The number of methoxy groups -OCH3 is 1. The standard InChI is InChI=1S/C25H19Cl2N3O3S/c1-15-5-3-4-6-18(15)24(31)33-22-10-7-16(11-23(22)32-2)13-28-30-25-29-21(14-34-25)19-9-8-17(26)12-20(19)27/h3-14H,1-2H3,(H,29,30)/b28-13-.